The number of halogens is 1. The van der Waals surface area contributed by atoms with Crippen molar-refractivity contribution in [3.63, 3.8) is 0 Å². The molecule has 0 aromatic heterocycles. The number of thioether (sulfide) groups is 1. The highest BCUT2D eigenvalue weighted by molar-refractivity contribution is 9.10. The van der Waals surface area contributed by atoms with Crippen molar-refractivity contribution >= 4 is 27.7 Å². The third-order valence-electron chi connectivity index (χ3n) is 2.90. The molecule has 0 amide bonds. The van der Waals surface area contributed by atoms with Crippen LogP contribution in [0.5, 0.6) is 0 Å². The Bertz CT molecular complexity index is 354. The van der Waals surface area contributed by atoms with Crippen molar-refractivity contribution in [3.05, 3.63) is 28.2 Å². The van der Waals surface area contributed by atoms with Gasteiger partial charge in [0.1, 0.15) is 0 Å². The van der Waals surface area contributed by atoms with Gasteiger partial charge < -0.3 is 5.32 Å². The number of rotatable bonds is 8. The predicted octanol–water partition coefficient (Wildman–Crippen LogP) is 5.40. The molecular formula is C15H24BrNS. The Kier molecular flexibility index (Phi) is 8.03. The molecule has 1 aromatic rings. The monoisotopic (exact) mass is 329 g/mol. The first-order valence-electron chi connectivity index (χ1n) is 6.84. The Hall–Kier alpha value is 0.01000. The van der Waals surface area contributed by atoms with E-state index in [-0.39, 0.29) is 0 Å². The summed E-state index contributed by atoms with van der Waals surface area (Å²) in [4.78, 5) is 1.41. The lowest BCUT2D eigenvalue weighted by molar-refractivity contribution is 0.563. The highest BCUT2D eigenvalue weighted by Crippen LogP contribution is 2.31. The normalized spacial score (nSPS) is 12.7. The van der Waals surface area contributed by atoms with Gasteiger partial charge >= 0.3 is 0 Å². The van der Waals surface area contributed by atoms with Crippen LogP contribution in [-0.4, -0.2) is 12.3 Å². The first-order chi connectivity index (χ1) is 8.69. The first-order valence-corrected chi connectivity index (χ1v) is 8.62. The smallest absolute Gasteiger partial charge is 0.0302 e. The fourth-order valence-corrected chi connectivity index (χ4v) is 3.58. The zero-order chi connectivity index (χ0) is 13.4. The van der Waals surface area contributed by atoms with E-state index in [0.29, 0.717) is 6.04 Å². The van der Waals surface area contributed by atoms with E-state index in [9.17, 15) is 0 Å². The van der Waals surface area contributed by atoms with Crippen molar-refractivity contribution in [2.24, 2.45) is 0 Å². The topological polar surface area (TPSA) is 12.0 Å². The molecule has 0 spiro atoms. The molecule has 0 aliphatic heterocycles. The molecule has 1 nitrogen and oxygen atoms in total. The van der Waals surface area contributed by atoms with Crippen molar-refractivity contribution in [1.82, 2.24) is 5.32 Å². The fourth-order valence-electron chi connectivity index (χ4n) is 1.79. The van der Waals surface area contributed by atoms with Crippen LogP contribution in [0.15, 0.2) is 27.6 Å². The van der Waals surface area contributed by atoms with Gasteiger partial charge in [-0.25, -0.2) is 0 Å². The maximum absolute atomic E-state index is 3.57. The van der Waals surface area contributed by atoms with Gasteiger partial charge in [0.15, 0.2) is 0 Å². The average molecular weight is 330 g/mol. The zero-order valence-electron chi connectivity index (χ0n) is 11.6. The van der Waals surface area contributed by atoms with E-state index in [1.54, 1.807) is 0 Å². The highest BCUT2D eigenvalue weighted by atomic mass is 79.9. The molecule has 1 atom stereocenters. The summed E-state index contributed by atoms with van der Waals surface area (Å²) in [7, 11) is 0. The summed E-state index contributed by atoms with van der Waals surface area (Å²) < 4.78 is 1.17. The summed E-state index contributed by atoms with van der Waals surface area (Å²) in [5.74, 6) is 1.21. The number of hydrogen-bond donors (Lipinski definition) is 1. The average Bonchev–Trinajstić information content (AvgIpc) is 2.36. The van der Waals surface area contributed by atoms with E-state index in [2.05, 4.69) is 60.2 Å². The van der Waals surface area contributed by atoms with Gasteiger partial charge in [-0.1, -0.05) is 42.3 Å². The van der Waals surface area contributed by atoms with Crippen LogP contribution >= 0.6 is 27.7 Å². The molecule has 3 heteroatoms. The molecule has 1 aromatic carbocycles. The second-order valence-electron chi connectivity index (χ2n) is 4.56. The molecule has 0 saturated heterocycles. The van der Waals surface area contributed by atoms with E-state index in [0.717, 1.165) is 6.54 Å². The van der Waals surface area contributed by atoms with Crippen LogP contribution in [0.1, 0.15) is 51.6 Å². The van der Waals surface area contributed by atoms with Crippen LogP contribution in [0.25, 0.3) is 0 Å². The van der Waals surface area contributed by atoms with Crippen molar-refractivity contribution in [1.29, 1.82) is 0 Å². The van der Waals surface area contributed by atoms with Crippen LogP contribution in [0.2, 0.25) is 0 Å². The van der Waals surface area contributed by atoms with E-state index < -0.39 is 0 Å². The van der Waals surface area contributed by atoms with Gasteiger partial charge in [0, 0.05) is 15.4 Å². The van der Waals surface area contributed by atoms with E-state index in [1.807, 2.05) is 11.8 Å². The van der Waals surface area contributed by atoms with E-state index in [4.69, 9.17) is 0 Å². The van der Waals surface area contributed by atoms with Gasteiger partial charge in [-0.15, -0.1) is 11.8 Å². The molecule has 0 bridgehead atoms. The molecule has 1 N–H and O–H groups in total. The third-order valence-corrected chi connectivity index (χ3v) is 4.55. The van der Waals surface area contributed by atoms with Crippen LogP contribution in [-0.2, 0) is 0 Å². The first kappa shape index (κ1) is 16.1. The summed E-state index contributed by atoms with van der Waals surface area (Å²) in [6.07, 6.45) is 3.73. The van der Waals surface area contributed by atoms with E-state index >= 15 is 0 Å². The third kappa shape index (κ3) is 5.33. The van der Waals surface area contributed by atoms with E-state index in [1.165, 1.54) is 39.9 Å². The molecule has 0 aliphatic carbocycles. The molecule has 1 rings (SSSR count). The van der Waals surface area contributed by atoms with Crippen molar-refractivity contribution in [2.75, 3.05) is 12.3 Å². The van der Waals surface area contributed by atoms with Crippen LogP contribution in [0, 0.1) is 0 Å². The van der Waals surface area contributed by atoms with Gasteiger partial charge in [-0.2, -0.15) is 0 Å². The highest BCUT2D eigenvalue weighted by Gasteiger charge is 2.10. The van der Waals surface area contributed by atoms with Crippen LogP contribution in [0.3, 0.4) is 0 Å². The lowest BCUT2D eigenvalue weighted by Crippen LogP contribution is -2.19. The summed E-state index contributed by atoms with van der Waals surface area (Å²) in [5.41, 5.74) is 1.42. The summed E-state index contributed by atoms with van der Waals surface area (Å²) in [6.45, 7) is 7.78. The molecule has 18 heavy (non-hydrogen) atoms. The second-order valence-corrected chi connectivity index (χ2v) is 6.61. The minimum absolute atomic E-state index is 0.433. The Balaban J connectivity index is 2.74. The molecule has 0 fully saturated rings. The molecule has 0 radical (unpaired) electrons. The maximum atomic E-state index is 3.57. The van der Waals surface area contributed by atoms with Crippen LogP contribution in [0.4, 0.5) is 0 Å². The Morgan fingerprint density at radius 3 is 2.72 bits per heavy atom. The number of benzene rings is 1. The molecular weight excluding hydrogens is 306 g/mol. The Morgan fingerprint density at radius 2 is 2.06 bits per heavy atom. The zero-order valence-corrected chi connectivity index (χ0v) is 14.0. The molecule has 0 saturated carbocycles. The number of nitrogens with one attached hydrogen (secondary N) is 1. The predicted molar refractivity (Wildman–Crippen MR) is 86.5 cm³/mol. The Labute approximate surface area is 124 Å². The second kappa shape index (κ2) is 9.00. The molecule has 102 valence electrons. The summed E-state index contributed by atoms with van der Waals surface area (Å²) in [5, 5.41) is 3.57. The molecule has 0 aliphatic rings. The van der Waals surface area contributed by atoms with Gasteiger partial charge in [0.05, 0.1) is 0 Å². The largest absolute Gasteiger partial charge is 0.310 e. The van der Waals surface area contributed by atoms with Crippen molar-refractivity contribution in [3.8, 4) is 0 Å². The number of hydrogen-bond acceptors (Lipinski definition) is 2. The minimum Gasteiger partial charge on any atom is -0.310 e. The van der Waals surface area contributed by atoms with Gasteiger partial charge in [-0.05, 0) is 49.8 Å². The van der Waals surface area contributed by atoms with Crippen molar-refractivity contribution in [2.45, 2.75) is 51.0 Å². The van der Waals surface area contributed by atoms with Gasteiger partial charge in [-0.3, -0.25) is 0 Å². The SMILES string of the molecule is CCCCSc1cc(Br)ccc1C(C)NCCC. The van der Waals surface area contributed by atoms with Crippen LogP contribution < -0.4 is 5.32 Å². The summed E-state index contributed by atoms with van der Waals surface area (Å²) in [6, 6.07) is 7.07. The fraction of sp³-hybridized carbons (Fsp3) is 0.600. The lowest BCUT2D eigenvalue weighted by Gasteiger charge is -2.18. The maximum Gasteiger partial charge on any atom is 0.0302 e. The minimum atomic E-state index is 0.433. The summed E-state index contributed by atoms with van der Waals surface area (Å²) >= 11 is 5.55. The standard InChI is InChI=1S/C15H24BrNS/c1-4-6-10-18-15-11-13(16)7-8-14(15)12(3)17-9-5-2/h7-8,11-12,17H,4-6,9-10H2,1-3H3. The lowest BCUT2D eigenvalue weighted by atomic mass is 10.1. The van der Waals surface area contributed by atoms with Gasteiger partial charge in [0.25, 0.3) is 0 Å². The molecule has 1 unspecified atom stereocenters. The quantitative estimate of drug-likeness (QED) is 0.506. The van der Waals surface area contributed by atoms with Crippen molar-refractivity contribution < 1.29 is 0 Å². The van der Waals surface area contributed by atoms with Gasteiger partial charge in [0.2, 0.25) is 0 Å². The Morgan fingerprint density at radius 1 is 1.28 bits per heavy atom. The molecule has 0 heterocycles. The number of unbranched alkanes of at least 4 members (excludes halogenated alkanes) is 1.